The quantitative estimate of drug-likeness (QED) is 0.557. The highest BCUT2D eigenvalue weighted by molar-refractivity contribution is 7.19. The van der Waals surface area contributed by atoms with E-state index in [9.17, 15) is 0 Å². The number of thiophene rings is 1. The molecule has 1 aromatic heterocycles. The first-order valence-electron chi connectivity index (χ1n) is 5.74. The van der Waals surface area contributed by atoms with Crippen molar-refractivity contribution >= 4 is 22.9 Å². The molecule has 3 rings (SSSR count). The van der Waals surface area contributed by atoms with Crippen LogP contribution in [-0.4, -0.2) is 0 Å². The minimum absolute atomic E-state index is 0.831. The van der Waals surface area contributed by atoms with Crippen LogP contribution in [0.3, 0.4) is 0 Å². The summed E-state index contributed by atoms with van der Waals surface area (Å²) in [5.41, 5.74) is 3.70. The third-order valence-electron chi connectivity index (χ3n) is 2.85. The highest BCUT2D eigenvalue weighted by Gasteiger charge is 2.02. The molecule has 88 valence electrons. The molecule has 0 spiro atoms. The monoisotopic (exact) mass is 270 g/mol. The first-order valence-corrected chi connectivity index (χ1v) is 6.93. The molecule has 0 unspecified atom stereocenters. The lowest BCUT2D eigenvalue weighted by atomic mass is 10.0. The predicted molar refractivity (Wildman–Crippen MR) is 80.2 cm³/mol. The second-order valence-corrected chi connectivity index (χ2v) is 5.76. The van der Waals surface area contributed by atoms with Gasteiger partial charge in [0.2, 0.25) is 0 Å². The molecular formula is C16H11ClS. The normalized spacial score (nSPS) is 10.5. The van der Waals surface area contributed by atoms with Gasteiger partial charge in [-0.15, -0.1) is 11.3 Å². The van der Waals surface area contributed by atoms with Crippen LogP contribution in [0.1, 0.15) is 0 Å². The number of hydrogen-bond acceptors (Lipinski definition) is 1. The molecule has 0 aliphatic carbocycles. The first-order chi connectivity index (χ1) is 8.83. The number of halogens is 1. The number of rotatable bonds is 2. The summed E-state index contributed by atoms with van der Waals surface area (Å²) in [6, 6.07) is 23.0. The van der Waals surface area contributed by atoms with E-state index in [0.29, 0.717) is 0 Å². The maximum Gasteiger partial charge on any atom is 0.0934 e. The topological polar surface area (TPSA) is 0 Å². The lowest BCUT2D eigenvalue weighted by molar-refractivity contribution is 1.62. The molecule has 1 heterocycles. The maximum absolute atomic E-state index is 5.96. The summed E-state index contributed by atoms with van der Waals surface area (Å²) in [4.78, 5) is 1.21. The summed E-state index contributed by atoms with van der Waals surface area (Å²) in [7, 11) is 0. The molecule has 2 aromatic carbocycles. The Morgan fingerprint density at radius 1 is 0.611 bits per heavy atom. The Morgan fingerprint density at radius 2 is 1.22 bits per heavy atom. The van der Waals surface area contributed by atoms with Crippen molar-refractivity contribution in [3.05, 3.63) is 71.1 Å². The third kappa shape index (κ3) is 2.33. The summed E-state index contributed by atoms with van der Waals surface area (Å²) >= 11 is 7.56. The zero-order valence-corrected chi connectivity index (χ0v) is 11.2. The smallest absolute Gasteiger partial charge is 0.0934 e. The van der Waals surface area contributed by atoms with Crippen LogP contribution in [0.4, 0.5) is 0 Å². The third-order valence-corrected chi connectivity index (χ3v) is 4.13. The van der Waals surface area contributed by atoms with Gasteiger partial charge in [0.05, 0.1) is 4.34 Å². The summed E-state index contributed by atoms with van der Waals surface area (Å²) in [6.45, 7) is 0. The van der Waals surface area contributed by atoms with E-state index in [1.165, 1.54) is 21.6 Å². The fourth-order valence-corrected chi connectivity index (χ4v) is 2.98. The Hall–Kier alpha value is -1.57. The van der Waals surface area contributed by atoms with Crippen LogP contribution < -0.4 is 0 Å². The highest BCUT2D eigenvalue weighted by Crippen LogP contribution is 2.32. The molecule has 0 saturated heterocycles. The van der Waals surface area contributed by atoms with Gasteiger partial charge in [0, 0.05) is 4.88 Å². The van der Waals surface area contributed by atoms with Gasteiger partial charge in [0.25, 0.3) is 0 Å². The number of benzene rings is 2. The Kier molecular flexibility index (Phi) is 3.18. The predicted octanol–water partition coefficient (Wildman–Crippen LogP) is 5.74. The Morgan fingerprint density at radius 3 is 1.83 bits per heavy atom. The largest absolute Gasteiger partial charge is 0.123 e. The van der Waals surface area contributed by atoms with E-state index in [1.807, 2.05) is 12.1 Å². The van der Waals surface area contributed by atoms with Gasteiger partial charge in [-0.25, -0.2) is 0 Å². The van der Waals surface area contributed by atoms with Crippen molar-refractivity contribution in [1.82, 2.24) is 0 Å². The van der Waals surface area contributed by atoms with Crippen LogP contribution in [0.25, 0.3) is 21.6 Å². The van der Waals surface area contributed by atoms with Gasteiger partial charge in [0.1, 0.15) is 0 Å². The Bertz CT molecular complexity index is 638. The van der Waals surface area contributed by atoms with E-state index < -0.39 is 0 Å². The van der Waals surface area contributed by atoms with Crippen molar-refractivity contribution in [2.45, 2.75) is 0 Å². The van der Waals surface area contributed by atoms with Gasteiger partial charge >= 0.3 is 0 Å². The molecule has 0 atom stereocenters. The minimum atomic E-state index is 0.831. The van der Waals surface area contributed by atoms with E-state index in [4.69, 9.17) is 11.6 Å². The molecule has 18 heavy (non-hydrogen) atoms. The molecule has 0 amide bonds. The Labute approximate surface area is 115 Å². The van der Waals surface area contributed by atoms with Crippen LogP contribution in [0.5, 0.6) is 0 Å². The van der Waals surface area contributed by atoms with Crippen molar-refractivity contribution in [1.29, 1.82) is 0 Å². The average Bonchev–Trinajstić information content (AvgIpc) is 2.87. The molecular weight excluding hydrogens is 260 g/mol. The number of hydrogen-bond donors (Lipinski definition) is 0. The van der Waals surface area contributed by atoms with Gasteiger partial charge in [-0.05, 0) is 28.8 Å². The van der Waals surface area contributed by atoms with E-state index >= 15 is 0 Å². The summed E-state index contributed by atoms with van der Waals surface area (Å²) in [6.07, 6.45) is 0. The summed E-state index contributed by atoms with van der Waals surface area (Å²) < 4.78 is 0.831. The molecule has 0 saturated carbocycles. The lowest BCUT2D eigenvalue weighted by Gasteiger charge is -2.02. The van der Waals surface area contributed by atoms with Gasteiger partial charge in [0.15, 0.2) is 0 Å². The maximum atomic E-state index is 5.96. The minimum Gasteiger partial charge on any atom is -0.123 e. The Balaban J connectivity index is 1.94. The van der Waals surface area contributed by atoms with Crippen LogP contribution in [0, 0.1) is 0 Å². The van der Waals surface area contributed by atoms with E-state index in [2.05, 4.69) is 54.6 Å². The zero-order chi connectivity index (χ0) is 12.4. The van der Waals surface area contributed by atoms with Crippen molar-refractivity contribution in [2.75, 3.05) is 0 Å². The van der Waals surface area contributed by atoms with Crippen LogP contribution in [0.15, 0.2) is 66.7 Å². The second kappa shape index (κ2) is 4.97. The van der Waals surface area contributed by atoms with Gasteiger partial charge in [-0.3, -0.25) is 0 Å². The molecule has 0 aliphatic rings. The molecule has 3 aromatic rings. The molecule has 0 fully saturated rings. The van der Waals surface area contributed by atoms with E-state index in [0.717, 1.165) is 4.34 Å². The molecule has 2 heteroatoms. The highest BCUT2D eigenvalue weighted by atomic mass is 35.5. The fourth-order valence-electron chi connectivity index (χ4n) is 1.93. The summed E-state index contributed by atoms with van der Waals surface area (Å²) in [5.74, 6) is 0. The van der Waals surface area contributed by atoms with E-state index in [1.54, 1.807) is 11.3 Å². The van der Waals surface area contributed by atoms with Gasteiger partial charge in [-0.1, -0.05) is 66.2 Å². The van der Waals surface area contributed by atoms with Crippen LogP contribution >= 0.6 is 22.9 Å². The molecule has 0 bridgehead atoms. The van der Waals surface area contributed by atoms with Crippen molar-refractivity contribution in [2.24, 2.45) is 0 Å². The van der Waals surface area contributed by atoms with Gasteiger partial charge < -0.3 is 0 Å². The molecule has 0 aliphatic heterocycles. The van der Waals surface area contributed by atoms with Crippen LogP contribution in [0.2, 0.25) is 4.34 Å². The van der Waals surface area contributed by atoms with Crippen LogP contribution in [-0.2, 0) is 0 Å². The van der Waals surface area contributed by atoms with Crippen molar-refractivity contribution in [3.8, 4) is 21.6 Å². The lowest BCUT2D eigenvalue weighted by Crippen LogP contribution is -1.77. The molecule has 0 radical (unpaired) electrons. The second-order valence-electron chi connectivity index (χ2n) is 4.05. The molecule has 0 nitrogen and oxygen atoms in total. The SMILES string of the molecule is Clc1ccc(-c2ccc(-c3ccccc3)cc2)s1. The van der Waals surface area contributed by atoms with E-state index in [-0.39, 0.29) is 0 Å². The van der Waals surface area contributed by atoms with Crippen molar-refractivity contribution < 1.29 is 0 Å². The standard InChI is InChI=1S/C16H11ClS/c17-16-11-10-15(18-16)14-8-6-13(7-9-14)12-4-2-1-3-5-12/h1-11H. The van der Waals surface area contributed by atoms with Crippen molar-refractivity contribution in [3.63, 3.8) is 0 Å². The summed E-state index contributed by atoms with van der Waals surface area (Å²) in [5, 5.41) is 0. The molecule has 0 N–H and O–H groups in total. The fraction of sp³-hybridized carbons (Fsp3) is 0. The van der Waals surface area contributed by atoms with Gasteiger partial charge in [-0.2, -0.15) is 0 Å². The zero-order valence-electron chi connectivity index (χ0n) is 9.64. The average molecular weight is 271 g/mol. The first kappa shape index (κ1) is 11.5.